The van der Waals surface area contributed by atoms with Crippen molar-refractivity contribution in [2.75, 3.05) is 6.54 Å². The molecule has 0 spiro atoms. The maximum atomic E-state index is 13.2. The van der Waals surface area contributed by atoms with Crippen molar-refractivity contribution in [3.8, 4) is 0 Å². The lowest BCUT2D eigenvalue weighted by atomic mass is 10.0. The average Bonchev–Trinajstić information content (AvgIpc) is 2.65. The smallest absolute Gasteiger partial charge is 0.242 e. The van der Waals surface area contributed by atoms with Crippen LogP contribution in [0, 0.1) is 13.8 Å². The molecular formula is C23H30N2O2. The first kappa shape index (κ1) is 20.7. The Morgan fingerprint density at radius 3 is 2.26 bits per heavy atom. The van der Waals surface area contributed by atoms with Gasteiger partial charge in [0.05, 0.1) is 6.42 Å². The van der Waals surface area contributed by atoms with E-state index in [0.717, 1.165) is 11.1 Å². The van der Waals surface area contributed by atoms with E-state index in [4.69, 9.17) is 0 Å². The van der Waals surface area contributed by atoms with Gasteiger partial charge in [-0.05, 0) is 49.4 Å². The normalized spacial score (nSPS) is 11.7. The van der Waals surface area contributed by atoms with Crippen LogP contribution in [0.3, 0.4) is 0 Å². The van der Waals surface area contributed by atoms with E-state index in [1.807, 2.05) is 56.3 Å². The molecule has 2 aromatic rings. The number of amides is 2. The number of likely N-dealkylation sites (N-methyl/N-ethyl adjacent to an activating group) is 1. The molecule has 2 aromatic carbocycles. The van der Waals surface area contributed by atoms with Crippen molar-refractivity contribution < 1.29 is 9.59 Å². The fraction of sp³-hybridized carbons (Fsp3) is 0.391. The first-order valence-corrected chi connectivity index (χ1v) is 9.63. The van der Waals surface area contributed by atoms with Gasteiger partial charge in [-0.3, -0.25) is 9.59 Å². The molecule has 0 saturated heterocycles. The van der Waals surface area contributed by atoms with Crippen LogP contribution < -0.4 is 5.32 Å². The number of carbonyl (C=O) groups is 2. The van der Waals surface area contributed by atoms with Crippen LogP contribution in [0.25, 0.3) is 0 Å². The molecule has 144 valence electrons. The van der Waals surface area contributed by atoms with Crippen LogP contribution in [0.4, 0.5) is 0 Å². The van der Waals surface area contributed by atoms with Gasteiger partial charge in [-0.25, -0.2) is 0 Å². The van der Waals surface area contributed by atoms with Crippen molar-refractivity contribution in [3.63, 3.8) is 0 Å². The van der Waals surface area contributed by atoms with E-state index in [-0.39, 0.29) is 11.8 Å². The van der Waals surface area contributed by atoms with Gasteiger partial charge >= 0.3 is 0 Å². The van der Waals surface area contributed by atoms with Gasteiger partial charge in [0.25, 0.3) is 0 Å². The highest BCUT2D eigenvalue weighted by molar-refractivity contribution is 5.88. The molecule has 0 aromatic heterocycles. The zero-order valence-electron chi connectivity index (χ0n) is 16.8. The second-order valence-corrected chi connectivity index (χ2v) is 6.92. The number of nitrogens with one attached hydrogen (secondary N) is 1. The predicted octanol–water partition coefficient (Wildman–Crippen LogP) is 3.79. The first-order chi connectivity index (χ1) is 13.0. The molecule has 1 atom stereocenters. The Bertz CT molecular complexity index is 771. The summed E-state index contributed by atoms with van der Waals surface area (Å²) in [7, 11) is 0. The second-order valence-electron chi connectivity index (χ2n) is 6.92. The summed E-state index contributed by atoms with van der Waals surface area (Å²) in [5.41, 5.74) is 4.38. The monoisotopic (exact) mass is 366 g/mol. The number of carbonyl (C=O) groups excluding carboxylic acids is 2. The fourth-order valence-electron chi connectivity index (χ4n) is 3.18. The van der Waals surface area contributed by atoms with E-state index in [1.54, 1.807) is 4.90 Å². The molecule has 0 saturated carbocycles. The number of rotatable bonds is 8. The van der Waals surface area contributed by atoms with Crippen molar-refractivity contribution in [1.82, 2.24) is 10.2 Å². The van der Waals surface area contributed by atoms with Crippen LogP contribution in [-0.4, -0.2) is 29.3 Å². The fourth-order valence-corrected chi connectivity index (χ4v) is 3.18. The minimum absolute atomic E-state index is 0.0276. The third-order valence-corrected chi connectivity index (χ3v) is 4.86. The molecule has 1 N–H and O–H groups in total. The van der Waals surface area contributed by atoms with E-state index < -0.39 is 6.04 Å². The second kappa shape index (κ2) is 9.91. The van der Waals surface area contributed by atoms with Gasteiger partial charge in [0.15, 0.2) is 0 Å². The van der Waals surface area contributed by atoms with Crippen LogP contribution in [-0.2, 0) is 22.6 Å². The van der Waals surface area contributed by atoms with Gasteiger partial charge in [-0.1, -0.05) is 55.5 Å². The Kier molecular flexibility index (Phi) is 7.59. The number of benzene rings is 2. The lowest BCUT2D eigenvalue weighted by Gasteiger charge is -2.30. The summed E-state index contributed by atoms with van der Waals surface area (Å²) in [4.78, 5) is 27.4. The molecule has 27 heavy (non-hydrogen) atoms. The molecule has 0 aliphatic heterocycles. The highest BCUT2D eigenvalue weighted by atomic mass is 16.2. The zero-order chi connectivity index (χ0) is 19.8. The number of nitrogens with zero attached hydrogens (tertiary/aromatic N) is 1. The molecule has 0 bridgehead atoms. The topological polar surface area (TPSA) is 49.4 Å². The Morgan fingerprint density at radius 2 is 1.67 bits per heavy atom. The Balaban J connectivity index is 2.27. The minimum Gasteiger partial charge on any atom is -0.355 e. The van der Waals surface area contributed by atoms with Gasteiger partial charge in [0.1, 0.15) is 6.04 Å². The highest BCUT2D eigenvalue weighted by Gasteiger charge is 2.28. The Morgan fingerprint density at radius 1 is 0.963 bits per heavy atom. The van der Waals surface area contributed by atoms with Crippen molar-refractivity contribution in [3.05, 3.63) is 70.8 Å². The van der Waals surface area contributed by atoms with E-state index in [0.29, 0.717) is 25.9 Å². The van der Waals surface area contributed by atoms with Crippen LogP contribution in [0.5, 0.6) is 0 Å². The van der Waals surface area contributed by atoms with E-state index in [9.17, 15) is 9.59 Å². The van der Waals surface area contributed by atoms with Crippen LogP contribution in [0.1, 0.15) is 42.5 Å². The van der Waals surface area contributed by atoms with Crippen LogP contribution in [0.15, 0.2) is 48.5 Å². The SMILES string of the molecule is CCNC(=O)C(CC)N(Cc1ccccc1)C(=O)Cc1ccc(C)c(C)c1. The summed E-state index contributed by atoms with van der Waals surface area (Å²) in [6, 6.07) is 15.5. The van der Waals surface area contributed by atoms with Crippen molar-refractivity contribution >= 4 is 11.8 Å². The van der Waals surface area contributed by atoms with Crippen molar-refractivity contribution in [2.24, 2.45) is 0 Å². The molecule has 2 amide bonds. The molecule has 0 fully saturated rings. The number of hydrogen-bond donors (Lipinski definition) is 1. The lowest BCUT2D eigenvalue weighted by Crippen LogP contribution is -2.49. The molecule has 4 heteroatoms. The molecule has 0 aliphatic rings. The van der Waals surface area contributed by atoms with Gasteiger partial charge in [0, 0.05) is 13.1 Å². The van der Waals surface area contributed by atoms with Gasteiger partial charge in [-0.2, -0.15) is 0 Å². The Labute approximate surface area is 162 Å². The summed E-state index contributed by atoms with van der Waals surface area (Å²) >= 11 is 0. The molecule has 2 rings (SSSR count). The molecule has 0 radical (unpaired) electrons. The molecule has 0 aliphatic carbocycles. The van der Waals surface area contributed by atoms with Crippen molar-refractivity contribution in [2.45, 2.75) is 53.1 Å². The largest absolute Gasteiger partial charge is 0.355 e. The quantitative estimate of drug-likeness (QED) is 0.773. The maximum absolute atomic E-state index is 13.2. The third-order valence-electron chi connectivity index (χ3n) is 4.86. The third kappa shape index (κ3) is 5.68. The van der Waals surface area contributed by atoms with Crippen LogP contribution >= 0.6 is 0 Å². The number of aryl methyl sites for hydroxylation is 2. The lowest BCUT2D eigenvalue weighted by molar-refractivity contribution is -0.140. The molecule has 4 nitrogen and oxygen atoms in total. The summed E-state index contributed by atoms with van der Waals surface area (Å²) in [5, 5.41) is 2.87. The first-order valence-electron chi connectivity index (χ1n) is 9.63. The van der Waals surface area contributed by atoms with E-state index in [1.165, 1.54) is 11.1 Å². The van der Waals surface area contributed by atoms with Gasteiger partial charge in [0.2, 0.25) is 11.8 Å². The van der Waals surface area contributed by atoms with E-state index >= 15 is 0 Å². The Hall–Kier alpha value is -2.62. The molecular weight excluding hydrogens is 336 g/mol. The standard InChI is InChI=1S/C23H30N2O2/c1-5-21(23(27)24-6-2)25(16-19-10-8-7-9-11-19)22(26)15-20-13-12-17(3)18(4)14-20/h7-14,21H,5-6,15-16H2,1-4H3,(H,24,27). The highest BCUT2D eigenvalue weighted by Crippen LogP contribution is 2.16. The summed E-state index contributed by atoms with van der Waals surface area (Å²) in [6.45, 7) is 8.93. The predicted molar refractivity (Wildman–Crippen MR) is 109 cm³/mol. The molecule has 0 heterocycles. The van der Waals surface area contributed by atoms with Crippen LogP contribution in [0.2, 0.25) is 0 Å². The van der Waals surface area contributed by atoms with E-state index in [2.05, 4.69) is 25.2 Å². The minimum atomic E-state index is -0.468. The van der Waals surface area contributed by atoms with Gasteiger partial charge < -0.3 is 10.2 Å². The maximum Gasteiger partial charge on any atom is 0.242 e. The summed E-state index contributed by atoms with van der Waals surface area (Å²) in [5.74, 6) is -0.121. The van der Waals surface area contributed by atoms with Crippen molar-refractivity contribution in [1.29, 1.82) is 0 Å². The molecule has 1 unspecified atom stereocenters. The average molecular weight is 367 g/mol. The summed E-state index contributed by atoms with van der Waals surface area (Å²) in [6.07, 6.45) is 0.876. The number of hydrogen-bond acceptors (Lipinski definition) is 2. The summed E-state index contributed by atoms with van der Waals surface area (Å²) < 4.78 is 0. The zero-order valence-corrected chi connectivity index (χ0v) is 16.8. The van der Waals surface area contributed by atoms with Gasteiger partial charge in [-0.15, -0.1) is 0 Å².